The van der Waals surface area contributed by atoms with E-state index in [1.165, 1.54) is 12.1 Å². The molecule has 0 spiro atoms. The van der Waals surface area contributed by atoms with Gasteiger partial charge in [0.25, 0.3) is 0 Å². The average molecular weight is 324 g/mol. The molecular weight excluding hydrogens is 305 g/mol. The van der Waals surface area contributed by atoms with Gasteiger partial charge >= 0.3 is 0 Å². The molecule has 22 heavy (non-hydrogen) atoms. The first-order valence-electron chi connectivity index (χ1n) is 7.30. The van der Waals surface area contributed by atoms with Crippen molar-refractivity contribution >= 4 is 17.5 Å². The lowest BCUT2D eigenvalue weighted by Crippen LogP contribution is -2.25. The molecule has 0 aliphatic carbocycles. The molecule has 1 amide bonds. The molecule has 0 saturated carbocycles. The van der Waals surface area contributed by atoms with Crippen molar-refractivity contribution in [2.75, 3.05) is 0 Å². The van der Waals surface area contributed by atoms with Crippen LogP contribution in [0.3, 0.4) is 0 Å². The number of nitrogens with one attached hydrogen (secondary N) is 2. The zero-order valence-electron chi connectivity index (χ0n) is 12.7. The largest absolute Gasteiger partial charge is 0.352 e. The molecule has 6 heteroatoms. The van der Waals surface area contributed by atoms with Gasteiger partial charge in [-0.05, 0) is 30.5 Å². The maximum absolute atomic E-state index is 13.0. The number of rotatable bonds is 6. The molecule has 0 saturated heterocycles. The SMILES string of the molecule is CCc1n[nH]c(CC)c1CC(=O)NCc1ccc(F)cc1Cl. The van der Waals surface area contributed by atoms with E-state index in [2.05, 4.69) is 15.5 Å². The minimum Gasteiger partial charge on any atom is -0.352 e. The van der Waals surface area contributed by atoms with Crippen LogP contribution in [0.4, 0.5) is 4.39 Å². The molecule has 118 valence electrons. The van der Waals surface area contributed by atoms with Gasteiger partial charge in [-0.25, -0.2) is 4.39 Å². The molecule has 0 unspecified atom stereocenters. The van der Waals surface area contributed by atoms with Crippen LogP contribution in [0.2, 0.25) is 5.02 Å². The number of aromatic nitrogens is 2. The molecule has 1 aromatic carbocycles. The molecule has 4 nitrogen and oxygen atoms in total. The first kappa shape index (κ1) is 16.5. The van der Waals surface area contributed by atoms with Crippen LogP contribution >= 0.6 is 11.6 Å². The topological polar surface area (TPSA) is 57.8 Å². The fraction of sp³-hybridized carbons (Fsp3) is 0.375. The smallest absolute Gasteiger partial charge is 0.224 e. The summed E-state index contributed by atoms with van der Waals surface area (Å²) >= 11 is 5.94. The summed E-state index contributed by atoms with van der Waals surface area (Å²) in [7, 11) is 0. The van der Waals surface area contributed by atoms with Crippen LogP contribution in [0.15, 0.2) is 18.2 Å². The number of aromatic amines is 1. The number of halogens is 2. The molecule has 0 radical (unpaired) electrons. The number of hydrogen-bond donors (Lipinski definition) is 2. The highest BCUT2D eigenvalue weighted by atomic mass is 35.5. The van der Waals surface area contributed by atoms with Gasteiger partial charge in [0.15, 0.2) is 0 Å². The van der Waals surface area contributed by atoms with E-state index in [0.29, 0.717) is 10.6 Å². The van der Waals surface area contributed by atoms with Crippen molar-refractivity contribution in [1.82, 2.24) is 15.5 Å². The van der Waals surface area contributed by atoms with Crippen molar-refractivity contribution in [2.24, 2.45) is 0 Å². The van der Waals surface area contributed by atoms with Gasteiger partial charge in [-0.2, -0.15) is 5.10 Å². The van der Waals surface area contributed by atoms with Gasteiger partial charge in [-0.15, -0.1) is 0 Å². The number of nitrogens with zero attached hydrogens (tertiary/aromatic N) is 1. The van der Waals surface area contributed by atoms with Gasteiger partial charge in [-0.3, -0.25) is 9.89 Å². The summed E-state index contributed by atoms with van der Waals surface area (Å²) in [5.74, 6) is -0.496. The Bertz CT molecular complexity index is 648. The Morgan fingerprint density at radius 1 is 1.36 bits per heavy atom. The summed E-state index contributed by atoms with van der Waals surface area (Å²) in [6.45, 7) is 4.31. The maximum atomic E-state index is 13.0. The molecule has 1 heterocycles. The summed E-state index contributed by atoms with van der Waals surface area (Å²) in [6.07, 6.45) is 1.87. The number of benzene rings is 1. The second kappa shape index (κ2) is 7.40. The Balaban J connectivity index is 2.00. The standard InChI is InChI=1S/C16H19ClFN3O/c1-3-14-12(15(4-2)21-20-14)8-16(22)19-9-10-5-6-11(18)7-13(10)17/h5-7H,3-4,8-9H2,1-2H3,(H,19,22)(H,20,21). The van der Waals surface area contributed by atoms with E-state index in [4.69, 9.17) is 11.6 Å². The minimum atomic E-state index is -0.390. The third kappa shape index (κ3) is 3.85. The van der Waals surface area contributed by atoms with E-state index in [1.807, 2.05) is 13.8 Å². The number of aryl methyl sites for hydroxylation is 2. The van der Waals surface area contributed by atoms with Crippen LogP contribution in [0.1, 0.15) is 36.4 Å². The van der Waals surface area contributed by atoms with Crippen molar-refractivity contribution in [1.29, 1.82) is 0 Å². The number of hydrogen-bond acceptors (Lipinski definition) is 2. The molecule has 2 N–H and O–H groups in total. The predicted octanol–water partition coefficient (Wildman–Crippen LogP) is 3.19. The fourth-order valence-corrected chi connectivity index (χ4v) is 2.55. The molecule has 0 aliphatic rings. The van der Waals surface area contributed by atoms with Crippen LogP contribution in [0.5, 0.6) is 0 Å². The lowest BCUT2D eigenvalue weighted by Gasteiger charge is -2.08. The zero-order valence-corrected chi connectivity index (χ0v) is 13.4. The summed E-state index contributed by atoms with van der Waals surface area (Å²) in [5.41, 5.74) is 3.57. The van der Waals surface area contributed by atoms with E-state index in [-0.39, 0.29) is 18.9 Å². The van der Waals surface area contributed by atoms with E-state index in [0.717, 1.165) is 29.8 Å². The van der Waals surface area contributed by atoms with E-state index in [9.17, 15) is 9.18 Å². The molecule has 0 bridgehead atoms. The summed E-state index contributed by atoms with van der Waals surface area (Å²) in [4.78, 5) is 12.1. The molecule has 0 aliphatic heterocycles. The lowest BCUT2D eigenvalue weighted by atomic mass is 10.1. The first-order valence-corrected chi connectivity index (χ1v) is 7.68. The molecule has 0 atom stereocenters. The number of H-pyrrole nitrogens is 1. The van der Waals surface area contributed by atoms with Crippen molar-refractivity contribution in [2.45, 2.75) is 39.7 Å². The molecule has 2 rings (SSSR count). The Hall–Kier alpha value is -1.88. The van der Waals surface area contributed by atoms with Gasteiger partial charge in [-0.1, -0.05) is 31.5 Å². The van der Waals surface area contributed by atoms with Crippen LogP contribution in [-0.2, 0) is 30.6 Å². The first-order chi connectivity index (χ1) is 10.5. The van der Waals surface area contributed by atoms with E-state index in [1.54, 1.807) is 6.07 Å². The monoisotopic (exact) mass is 323 g/mol. The van der Waals surface area contributed by atoms with Crippen LogP contribution in [0, 0.1) is 5.82 Å². The van der Waals surface area contributed by atoms with Gasteiger partial charge in [0, 0.05) is 22.8 Å². The average Bonchev–Trinajstić information content (AvgIpc) is 2.88. The number of carbonyl (C=O) groups excluding carboxylic acids is 1. The van der Waals surface area contributed by atoms with Crippen LogP contribution in [-0.4, -0.2) is 16.1 Å². The van der Waals surface area contributed by atoms with Crippen LogP contribution in [0.25, 0.3) is 0 Å². The van der Waals surface area contributed by atoms with Crippen molar-refractivity contribution in [3.05, 3.63) is 51.6 Å². The second-order valence-corrected chi connectivity index (χ2v) is 5.43. The highest BCUT2D eigenvalue weighted by molar-refractivity contribution is 6.31. The summed E-state index contributed by atoms with van der Waals surface area (Å²) in [5, 5.41) is 10.3. The van der Waals surface area contributed by atoms with E-state index < -0.39 is 5.82 Å². The second-order valence-electron chi connectivity index (χ2n) is 5.02. The highest BCUT2D eigenvalue weighted by Gasteiger charge is 2.14. The third-order valence-corrected chi connectivity index (χ3v) is 3.91. The van der Waals surface area contributed by atoms with Gasteiger partial charge < -0.3 is 5.32 Å². The van der Waals surface area contributed by atoms with Gasteiger partial charge in [0.05, 0.1) is 12.1 Å². The number of carbonyl (C=O) groups is 1. The molecular formula is C16H19ClFN3O. The van der Waals surface area contributed by atoms with E-state index >= 15 is 0 Å². The Labute approximate surface area is 134 Å². The van der Waals surface area contributed by atoms with Crippen molar-refractivity contribution < 1.29 is 9.18 Å². The fourth-order valence-electron chi connectivity index (χ4n) is 2.32. The summed E-state index contributed by atoms with van der Waals surface area (Å²) in [6, 6.07) is 4.14. The minimum absolute atomic E-state index is 0.105. The van der Waals surface area contributed by atoms with Crippen LogP contribution < -0.4 is 5.32 Å². The quantitative estimate of drug-likeness (QED) is 0.857. The van der Waals surface area contributed by atoms with Gasteiger partial charge in [0.1, 0.15) is 5.82 Å². The Morgan fingerprint density at radius 3 is 2.77 bits per heavy atom. The van der Waals surface area contributed by atoms with Crippen molar-refractivity contribution in [3.8, 4) is 0 Å². The third-order valence-electron chi connectivity index (χ3n) is 3.56. The molecule has 2 aromatic rings. The van der Waals surface area contributed by atoms with Gasteiger partial charge in [0.2, 0.25) is 5.91 Å². The maximum Gasteiger partial charge on any atom is 0.224 e. The Kier molecular flexibility index (Phi) is 5.55. The normalized spacial score (nSPS) is 10.7. The molecule has 1 aromatic heterocycles. The Morgan fingerprint density at radius 2 is 2.14 bits per heavy atom. The van der Waals surface area contributed by atoms with Crippen molar-refractivity contribution in [3.63, 3.8) is 0 Å². The zero-order chi connectivity index (χ0) is 16.1. The number of amides is 1. The predicted molar refractivity (Wildman–Crippen MR) is 84.3 cm³/mol. The summed E-state index contributed by atoms with van der Waals surface area (Å²) < 4.78 is 13.0. The highest BCUT2D eigenvalue weighted by Crippen LogP contribution is 2.17. The lowest BCUT2D eigenvalue weighted by molar-refractivity contribution is -0.120. The molecule has 0 fully saturated rings.